The van der Waals surface area contributed by atoms with Gasteiger partial charge in [0.25, 0.3) is 0 Å². The van der Waals surface area contributed by atoms with Crippen LogP contribution in [0.1, 0.15) is 12.5 Å². The molecule has 0 radical (unpaired) electrons. The second-order valence-electron chi connectivity index (χ2n) is 4.14. The van der Waals surface area contributed by atoms with Crippen LogP contribution in [0.25, 0.3) is 6.08 Å². The van der Waals surface area contributed by atoms with E-state index in [9.17, 15) is 22.4 Å². The maximum Gasteiger partial charge on any atom is 0.387 e. The van der Waals surface area contributed by atoms with Gasteiger partial charge in [-0.2, -0.15) is 17.6 Å². The van der Waals surface area contributed by atoms with Gasteiger partial charge in [-0.1, -0.05) is 0 Å². The Morgan fingerprint density at radius 2 is 1.86 bits per heavy atom. The van der Waals surface area contributed by atoms with Gasteiger partial charge in [0, 0.05) is 31.3 Å². The maximum absolute atomic E-state index is 12.4. The second-order valence-corrected chi connectivity index (χ2v) is 4.14. The van der Waals surface area contributed by atoms with Crippen LogP contribution < -0.4 is 9.47 Å². The Bertz CT molecular complexity index is 535. The predicted molar refractivity (Wildman–Crippen MR) is 72.1 cm³/mol. The highest BCUT2D eigenvalue weighted by molar-refractivity contribution is 5.92. The van der Waals surface area contributed by atoms with Crippen LogP contribution in [0.2, 0.25) is 0 Å². The Morgan fingerprint density at radius 3 is 2.41 bits per heavy atom. The van der Waals surface area contributed by atoms with E-state index in [2.05, 4.69) is 9.47 Å². The molecule has 0 aromatic heterocycles. The minimum Gasteiger partial charge on any atom is -0.435 e. The van der Waals surface area contributed by atoms with E-state index in [0.717, 1.165) is 12.1 Å². The number of alkyl halides is 4. The van der Waals surface area contributed by atoms with Gasteiger partial charge in [-0.05, 0) is 25.1 Å². The number of carbonyl (C=O) groups is 1. The molecule has 1 aromatic rings. The third-order valence-corrected chi connectivity index (χ3v) is 2.68. The molecule has 0 fully saturated rings. The van der Waals surface area contributed by atoms with Crippen LogP contribution >= 0.6 is 0 Å². The van der Waals surface area contributed by atoms with Gasteiger partial charge >= 0.3 is 13.2 Å². The average molecular weight is 321 g/mol. The third-order valence-electron chi connectivity index (χ3n) is 2.68. The number of nitrogens with zero attached hydrogens (tertiary/aromatic N) is 1. The van der Waals surface area contributed by atoms with Crippen molar-refractivity contribution in [2.24, 2.45) is 0 Å². The number of amides is 1. The Balaban J connectivity index is 3.01. The monoisotopic (exact) mass is 321 g/mol. The summed E-state index contributed by atoms with van der Waals surface area (Å²) in [6.45, 7) is -3.97. The predicted octanol–water partition coefficient (Wildman–Crippen LogP) is 3.38. The van der Waals surface area contributed by atoms with Crippen LogP contribution in [0.15, 0.2) is 24.3 Å². The summed E-state index contributed by atoms with van der Waals surface area (Å²) in [4.78, 5) is 13.0. The molecule has 0 unspecified atom stereocenters. The van der Waals surface area contributed by atoms with Crippen molar-refractivity contribution in [2.45, 2.75) is 20.1 Å². The first-order valence-corrected chi connectivity index (χ1v) is 6.30. The Hall–Kier alpha value is -2.25. The minimum absolute atomic E-state index is 0.139. The Kier molecular flexibility index (Phi) is 6.68. The molecule has 1 rings (SSSR count). The topological polar surface area (TPSA) is 38.8 Å². The first kappa shape index (κ1) is 17.8. The van der Waals surface area contributed by atoms with E-state index < -0.39 is 13.2 Å². The van der Waals surface area contributed by atoms with Gasteiger partial charge in [0.2, 0.25) is 5.91 Å². The van der Waals surface area contributed by atoms with E-state index >= 15 is 0 Å². The zero-order valence-electron chi connectivity index (χ0n) is 11.9. The third kappa shape index (κ3) is 5.63. The number of benzene rings is 1. The van der Waals surface area contributed by atoms with E-state index in [0.29, 0.717) is 6.54 Å². The number of carbonyl (C=O) groups excluding carboxylic acids is 1. The summed E-state index contributed by atoms with van der Waals surface area (Å²) in [5.41, 5.74) is 0.139. The van der Waals surface area contributed by atoms with Crippen LogP contribution in [0, 0.1) is 0 Å². The highest BCUT2D eigenvalue weighted by Gasteiger charge is 2.12. The van der Waals surface area contributed by atoms with Crippen molar-refractivity contribution in [3.8, 4) is 11.5 Å². The summed E-state index contributed by atoms with van der Waals surface area (Å²) in [5.74, 6) is -1.02. The number of ether oxygens (including phenoxy) is 2. The van der Waals surface area contributed by atoms with Gasteiger partial charge in [0.1, 0.15) is 11.5 Å². The molecule has 0 N–H and O–H groups in total. The molecule has 0 aliphatic rings. The van der Waals surface area contributed by atoms with Crippen LogP contribution in [0.3, 0.4) is 0 Å². The van der Waals surface area contributed by atoms with Gasteiger partial charge in [-0.3, -0.25) is 4.79 Å². The summed E-state index contributed by atoms with van der Waals surface area (Å²) in [5, 5.41) is 0. The summed E-state index contributed by atoms with van der Waals surface area (Å²) in [6, 6.07) is 3.31. The number of halogens is 4. The normalized spacial score (nSPS) is 11.3. The zero-order valence-corrected chi connectivity index (χ0v) is 11.9. The van der Waals surface area contributed by atoms with Crippen LogP contribution in [-0.4, -0.2) is 37.6 Å². The summed E-state index contributed by atoms with van der Waals surface area (Å²) < 4.78 is 57.3. The van der Waals surface area contributed by atoms with E-state index in [-0.39, 0.29) is 23.0 Å². The molecule has 0 spiro atoms. The standard InChI is InChI=1S/C14H15F4NO3/c1-3-19(2)12(20)7-5-9-4-6-10(21-13(15)16)8-11(9)22-14(17)18/h4-8,13-14H,3H2,1-2H3/b7-5+. The molecule has 0 saturated carbocycles. The number of rotatable bonds is 7. The van der Waals surface area contributed by atoms with E-state index in [1.54, 1.807) is 14.0 Å². The fraction of sp³-hybridized carbons (Fsp3) is 0.357. The lowest BCUT2D eigenvalue weighted by molar-refractivity contribution is -0.124. The molecule has 1 aromatic carbocycles. The van der Waals surface area contributed by atoms with Crippen LogP contribution in [-0.2, 0) is 4.79 Å². The molecule has 0 atom stereocenters. The summed E-state index contributed by atoms with van der Waals surface area (Å²) in [6.07, 6.45) is 2.43. The number of hydrogen-bond donors (Lipinski definition) is 0. The lowest BCUT2D eigenvalue weighted by Crippen LogP contribution is -2.23. The Morgan fingerprint density at radius 1 is 1.23 bits per heavy atom. The lowest BCUT2D eigenvalue weighted by atomic mass is 10.1. The fourth-order valence-corrected chi connectivity index (χ4v) is 1.47. The zero-order chi connectivity index (χ0) is 16.7. The van der Waals surface area contributed by atoms with Crippen molar-refractivity contribution in [3.63, 3.8) is 0 Å². The molecule has 0 aliphatic carbocycles. The molecule has 0 aliphatic heterocycles. The maximum atomic E-state index is 12.4. The fourth-order valence-electron chi connectivity index (χ4n) is 1.47. The first-order chi connectivity index (χ1) is 10.3. The van der Waals surface area contributed by atoms with Gasteiger partial charge < -0.3 is 14.4 Å². The number of hydrogen-bond acceptors (Lipinski definition) is 3. The van der Waals surface area contributed by atoms with Crippen molar-refractivity contribution in [3.05, 3.63) is 29.8 Å². The molecule has 0 bridgehead atoms. The van der Waals surface area contributed by atoms with Gasteiger partial charge in [0.15, 0.2) is 0 Å². The molecular weight excluding hydrogens is 306 g/mol. The van der Waals surface area contributed by atoms with Gasteiger partial charge in [-0.15, -0.1) is 0 Å². The largest absolute Gasteiger partial charge is 0.435 e. The first-order valence-electron chi connectivity index (χ1n) is 6.30. The molecule has 4 nitrogen and oxygen atoms in total. The van der Waals surface area contributed by atoms with Crippen LogP contribution in [0.5, 0.6) is 11.5 Å². The summed E-state index contributed by atoms with van der Waals surface area (Å²) in [7, 11) is 1.57. The van der Waals surface area contributed by atoms with E-state index in [1.165, 1.54) is 23.1 Å². The molecule has 1 amide bonds. The van der Waals surface area contributed by atoms with Crippen molar-refractivity contribution in [2.75, 3.05) is 13.6 Å². The number of likely N-dealkylation sites (N-methyl/N-ethyl adjacent to an activating group) is 1. The van der Waals surface area contributed by atoms with Gasteiger partial charge in [-0.25, -0.2) is 0 Å². The molecule has 0 saturated heterocycles. The van der Waals surface area contributed by atoms with Crippen molar-refractivity contribution >= 4 is 12.0 Å². The van der Waals surface area contributed by atoms with E-state index in [4.69, 9.17) is 0 Å². The molecule has 22 heavy (non-hydrogen) atoms. The SMILES string of the molecule is CCN(C)C(=O)/C=C/c1ccc(OC(F)F)cc1OC(F)F. The van der Waals surface area contributed by atoms with Crippen molar-refractivity contribution in [1.29, 1.82) is 0 Å². The molecule has 122 valence electrons. The second kappa shape index (κ2) is 8.26. The quantitative estimate of drug-likeness (QED) is 0.571. The average Bonchev–Trinajstić information content (AvgIpc) is 2.44. The van der Waals surface area contributed by atoms with Crippen molar-refractivity contribution < 1.29 is 31.8 Å². The van der Waals surface area contributed by atoms with Gasteiger partial charge in [0.05, 0.1) is 0 Å². The lowest BCUT2D eigenvalue weighted by Gasteiger charge is -2.12. The highest BCUT2D eigenvalue weighted by Crippen LogP contribution is 2.28. The molecule has 0 heterocycles. The Labute approximate surface area is 124 Å². The molecule has 8 heteroatoms. The molecular formula is C14H15F4NO3. The van der Waals surface area contributed by atoms with E-state index in [1.807, 2.05) is 0 Å². The van der Waals surface area contributed by atoms with Crippen LogP contribution in [0.4, 0.5) is 17.6 Å². The minimum atomic E-state index is -3.14. The highest BCUT2D eigenvalue weighted by atomic mass is 19.3. The smallest absolute Gasteiger partial charge is 0.387 e. The van der Waals surface area contributed by atoms with Crippen molar-refractivity contribution in [1.82, 2.24) is 4.90 Å². The summed E-state index contributed by atoms with van der Waals surface area (Å²) >= 11 is 0.